The molecule has 10 heteroatoms. The van der Waals surface area contributed by atoms with Crippen LogP contribution in [0.3, 0.4) is 0 Å². The monoisotopic (exact) mass is 411 g/mol. The van der Waals surface area contributed by atoms with Gasteiger partial charge in [-0.2, -0.15) is 4.52 Å². The van der Waals surface area contributed by atoms with Crippen molar-refractivity contribution in [3.63, 3.8) is 0 Å². The van der Waals surface area contributed by atoms with Gasteiger partial charge in [-0.05, 0) is 42.5 Å². The lowest BCUT2D eigenvalue weighted by molar-refractivity contribution is 0.102. The van der Waals surface area contributed by atoms with Crippen LogP contribution in [0.5, 0.6) is 17.4 Å². The molecule has 30 heavy (non-hydrogen) atoms. The molecular weight excluding hydrogens is 396 g/mol. The van der Waals surface area contributed by atoms with Gasteiger partial charge in [0, 0.05) is 11.8 Å². The first kappa shape index (κ1) is 19.2. The van der Waals surface area contributed by atoms with Crippen molar-refractivity contribution in [2.75, 3.05) is 12.4 Å². The summed E-state index contributed by atoms with van der Waals surface area (Å²) in [5, 5.41) is 13.8. The van der Waals surface area contributed by atoms with E-state index in [2.05, 4.69) is 20.6 Å². The Hall–Kier alpha value is -4.08. The number of amides is 1. The number of hydrogen-bond donors (Lipinski definition) is 1. The number of hydrogen-bond acceptors (Lipinski definition) is 6. The smallest absolute Gasteiger partial charge is 0.299 e. The van der Waals surface area contributed by atoms with Crippen LogP contribution in [0.25, 0.3) is 5.65 Å². The molecule has 0 aliphatic heterocycles. The van der Waals surface area contributed by atoms with E-state index in [1.165, 1.54) is 19.2 Å². The minimum absolute atomic E-state index is 0.0926. The Balaban J connectivity index is 1.48. The molecule has 0 fully saturated rings. The highest BCUT2D eigenvalue weighted by atomic mass is 19.3. The van der Waals surface area contributed by atoms with Crippen LogP contribution in [0.1, 0.15) is 22.6 Å². The molecule has 0 radical (unpaired) electrons. The Morgan fingerprint density at radius 1 is 1.03 bits per heavy atom. The molecular formula is C20H15F2N5O3. The van der Waals surface area contributed by atoms with Gasteiger partial charge in [-0.3, -0.25) is 4.79 Å². The second-order valence-corrected chi connectivity index (χ2v) is 6.08. The van der Waals surface area contributed by atoms with Crippen LogP contribution >= 0.6 is 0 Å². The van der Waals surface area contributed by atoms with E-state index in [0.717, 1.165) is 4.52 Å². The van der Waals surface area contributed by atoms with E-state index in [0.29, 0.717) is 22.7 Å². The molecule has 2 aromatic carbocycles. The van der Waals surface area contributed by atoms with Gasteiger partial charge < -0.3 is 14.8 Å². The number of nitrogens with zero attached hydrogens (tertiary/aromatic N) is 4. The van der Waals surface area contributed by atoms with Gasteiger partial charge in [-0.1, -0.05) is 12.1 Å². The normalized spacial score (nSPS) is 10.9. The first-order chi connectivity index (χ1) is 14.5. The first-order valence-corrected chi connectivity index (χ1v) is 8.78. The van der Waals surface area contributed by atoms with Crippen LogP contribution in [0.2, 0.25) is 0 Å². The number of benzene rings is 2. The van der Waals surface area contributed by atoms with Crippen molar-refractivity contribution in [2.24, 2.45) is 0 Å². The summed E-state index contributed by atoms with van der Waals surface area (Å²) >= 11 is 0. The molecule has 4 rings (SSSR count). The summed E-state index contributed by atoms with van der Waals surface area (Å²) in [5.41, 5.74) is 1.13. The minimum atomic E-state index is -2.81. The van der Waals surface area contributed by atoms with Crippen LogP contribution in [0.4, 0.5) is 14.5 Å². The molecule has 2 heterocycles. The van der Waals surface area contributed by atoms with E-state index in [1.54, 1.807) is 48.5 Å². The summed E-state index contributed by atoms with van der Waals surface area (Å²) in [6.07, 6.45) is -2.81. The van der Waals surface area contributed by atoms with Gasteiger partial charge >= 0.3 is 0 Å². The number of para-hydroxylation sites is 1. The number of anilines is 1. The standard InChI is InChI=1S/C20H15F2N5O3/c1-29-15-5-3-2-4-14(15)20(28)23-12-6-8-13(9-7-12)30-17-11-10-16-24-25-19(18(21)22)27(16)26-17/h2-11,18H,1H3,(H,23,28). The van der Waals surface area contributed by atoms with Crippen LogP contribution in [-0.4, -0.2) is 32.8 Å². The molecule has 0 atom stereocenters. The summed E-state index contributed by atoms with van der Waals surface area (Å²) in [6.45, 7) is 0. The maximum Gasteiger partial charge on any atom is 0.299 e. The lowest BCUT2D eigenvalue weighted by atomic mass is 10.2. The van der Waals surface area contributed by atoms with Crippen molar-refractivity contribution in [1.29, 1.82) is 0 Å². The number of halogens is 2. The van der Waals surface area contributed by atoms with Crippen molar-refractivity contribution in [3.05, 3.63) is 72.1 Å². The van der Waals surface area contributed by atoms with E-state index in [1.807, 2.05) is 0 Å². The molecule has 152 valence electrons. The van der Waals surface area contributed by atoms with Crippen LogP contribution in [-0.2, 0) is 0 Å². The van der Waals surface area contributed by atoms with E-state index in [-0.39, 0.29) is 17.4 Å². The fourth-order valence-corrected chi connectivity index (χ4v) is 2.74. The SMILES string of the molecule is COc1ccccc1C(=O)Nc1ccc(Oc2ccc3nnc(C(F)F)n3n2)cc1. The van der Waals surface area contributed by atoms with Crippen molar-refractivity contribution < 1.29 is 23.0 Å². The zero-order chi connectivity index (χ0) is 21.1. The molecule has 0 spiro atoms. The Morgan fingerprint density at radius 3 is 2.53 bits per heavy atom. The lowest BCUT2D eigenvalue weighted by Gasteiger charge is -2.10. The average molecular weight is 411 g/mol. The summed E-state index contributed by atoms with van der Waals surface area (Å²) < 4.78 is 37.7. The molecule has 0 aliphatic carbocycles. The number of carbonyl (C=O) groups is 1. The zero-order valence-electron chi connectivity index (χ0n) is 15.6. The molecule has 4 aromatic rings. The van der Waals surface area contributed by atoms with Crippen molar-refractivity contribution >= 4 is 17.2 Å². The zero-order valence-corrected chi connectivity index (χ0v) is 15.6. The topological polar surface area (TPSA) is 90.6 Å². The molecule has 8 nitrogen and oxygen atoms in total. The predicted molar refractivity (Wildman–Crippen MR) is 103 cm³/mol. The number of fused-ring (bicyclic) bond motifs is 1. The Kier molecular flexibility index (Phi) is 5.21. The van der Waals surface area contributed by atoms with E-state index < -0.39 is 12.2 Å². The summed E-state index contributed by atoms with van der Waals surface area (Å²) in [4.78, 5) is 12.4. The van der Waals surface area contributed by atoms with E-state index in [4.69, 9.17) is 9.47 Å². The van der Waals surface area contributed by atoms with Crippen molar-refractivity contribution in [1.82, 2.24) is 19.8 Å². The lowest BCUT2D eigenvalue weighted by Crippen LogP contribution is -2.13. The van der Waals surface area contributed by atoms with Gasteiger partial charge in [0.15, 0.2) is 5.65 Å². The van der Waals surface area contributed by atoms with Crippen LogP contribution in [0, 0.1) is 0 Å². The highest BCUT2D eigenvalue weighted by Gasteiger charge is 2.17. The number of carbonyl (C=O) groups excluding carboxylic acids is 1. The highest BCUT2D eigenvalue weighted by Crippen LogP contribution is 2.24. The van der Waals surface area contributed by atoms with Gasteiger partial charge in [0.05, 0.1) is 12.7 Å². The Morgan fingerprint density at radius 2 is 1.80 bits per heavy atom. The summed E-state index contributed by atoms with van der Waals surface area (Å²) in [7, 11) is 1.49. The number of ether oxygens (including phenoxy) is 2. The van der Waals surface area contributed by atoms with Crippen LogP contribution < -0.4 is 14.8 Å². The van der Waals surface area contributed by atoms with Gasteiger partial charge in [0.1, 0.15) is 11.5 Å². The third-order valence-electron chi connectivity index (χ3n) is 4.14. The van der Waals surface area contributed by atoms with Crippen LogP contribution in [0.15, 0.2) is 60.7 Å². The minimum Gasteiger partial charge on any atom is -0.496 e. The summed E-state index contributed by atoms with van der Waals surface area (Å²) in [6, 6.07) is 16.4. The number of alkyl halides is 2. The fraction of sp³-hybridized carbons (Fsp3) is 0.100. The molecule has 0 saturated heterocycles. The van der Waals surface area contributed by atoms with Gasteiger partial charge in [0.2, 0.25) is 11.7 Å². The maximum absolute atomic E-state index is 13.0. The van der Waals surface area contributed by atoms with Crippen molar-refractivity contribution in [3.8, 4) is 17.4 Å². The molecule has 0 saturated carbocycles. The first-order valence-electron chi connectivity index (χ1n) is 8.78. The molecule has 1 N–H and O–H groups in total. The predicted octanol–water partition coefficient (Wildman–Crippen LogP) is 4.12. The number of nitrogens with one attached hydrogen (secondary N) is 1. The Bertz CT molecular complexity index is 1190. The van der Waals surface area contributed by atoms with Gasteiger partial charge in [-0.25, -0.2) is 8.78 Å². The molecule has 0 aliphatic rings. The molecule has 0 unspecified atom stereocenters. The summed E-state index contributed by atoms with van der Waals surface area (Å²) in [5.74, 6) is 0.0811. The quantitative estimate of drug-likeness (QED) is 0.513. The number of methoxy groups -OCH3 is 1. The van der Waals surface area contributed by atoms with E-state index >= 15 is 0 Å². The second kappa shape index (κ2) is 8.11. The largest absolute Gasteiger partial charge is 0.496 e. The van der Waals surface area contributed by atoms with Gasteiger partial charge in [-0.15, -0.1) is 15.3 Å². The Labute approximate surface area is 169 Å². The molecule has 0 bridgehead atoms. The average Bonchev–Trinajstić information content (AvgIpc) is 3.18. The van der Waals surface area contributed by atoms with Gasteiger partial charge in [0.25, 0.3) is 12.3 Å². The highest BCUT2D eigenvalue weighted by molar-refractivity contribution is 6.06. The second-order valence-electron chi connectivity index (χ2n) is 6.08. The molecule has 2 aromatic heterocycles. The fourth-order valence-electron chi connectivity index (χ4n) is 2.74. The number of rotatable bonds is 6. The van der Waals surface area contributed by atoms with E-state index in [9.17, 15) is 13.6 Å². The maximum atomic E-state index is 13.0. The van der Waals surface area contributed by atoms with Crippen molar-refractivity contribution in [2.45, 2.75) is 6.43 Å². The third kappa shape index (κ3) is 3.88. The molecule has 1 amide bonds. The third-order valence-corrected chi connectivity index (χ3v) is 4.14. The number of aromatic nitrogens is 4.